The van der Waals surface area contributed by atoms with Gasteiger partial charge < -0.3 is 9.15 Å². The molecule has 1 aromatic carbocycles. The molecular weight excluding hydrogens is 268 g/mol. The molecule has 2 aromatic rings. The fourth-order valence-electron chi connectivity index (χ4n) is 1.55. The quantitative estimate of drug-likeness (QED) is 0.639. The fourth-order valence-corrected chi connectivity index (χ4v) is 1.73. The highest BCUT2D eigenvalue weighted by Gasteiger charge is 2.17. The molecule has 2 rings (SSSR count). The summed E-state index contributed by atoms with van der Waals surface area (Å²) in [6.07, 6.45) is 0. The Morgan fingerprint density at radius 1 is 1.16 bits per heavy atom. The Hall–Kier alpha value is -2.07. The Morgan fingerprint density at radius 2 is 1.84 bits per heavy atom. The van der Waals surface area contributed by atoms with Crippen LogP contribution in [0.15, 0.2) is 34.7 Å². The lowest BCUT2D eigenvalue weighted by molar-refractivity contribution is 0.0563. The third-order valence-electron chi connectivity index (χ3n) is 2.65. The van der Waals surface area contributed by atoms with E-state index in [-0.39, 0.29) is 17.3 Å². The lowest BCUT2D eigenvalue weighted by Crippen LogP contribution is -2.01. The molecule has 0 saturated carbocycles. The number of methoxy groups -OCH3 is 1. The molecule has 0 atom stereocenters. The Labute approximate surface area is 114 Å². The lowest BCUT2D eigenvalue weighted by Gasteiger charge is -2.01. The van der Waals surface area contributed by atoms with Gasteiger partial charge in [0.15, 0.2) is 5.76 Å². The number of rotatable bonds is 3. The highest BCUT2D eigenvalue weighted by Crippen LogP contribution is 2.20. The van der Waals surface area contributed by atoms with Crippen molar-refractivity contribution in [2.75, 3.05) is 7.11 Å². The van der Waals surface area contributed by atoms with E-state index in [1.165, 1.54) is 19.2 Å². The van der Waals surface area contributed by atoms with Gasteiger partial charge in [0.05, 0.1) is 7.11 Å². The first-order chi connectivity index (χ1) is 9.02. The van der Waals surface area contributed by atoms with Gasteiger partial charge in [0.25, 0.3) is 0 Å². The molecule has 98 valence electrons. The topological polar surface area (TPSA) is 56.5 Å². The highest BCUT2D eigenvalue weighted by molar-refractivity contribution is 6.31. The van der Waals surface area contributed by atoms with Crippen LogP contribution in [0.5, 0.6) is 0 Å². The molecule has 0 spiro atoms. The maximum absolute atomic E-state index is 12.1. The van der Waals surface area contributed by atoms with Crippen molar-refractivity contribution < 1.29 is 18.7 Å². The van der Waals surface area contributed by atoms with E-state index in [9.17, 15) is 9.59 Å². The van der Waals surface area contributed by atoms with Crippen LogP contribution in [0.2, 0.25) is 5.02 Å². The van der Waals surface area contributed by atoms with Crippen molar-refractivity contribution in [1.82, 2.24) is 0 Å². The largest absolute Gasteiger partial charge is 0.463 e. The molecule has 0 bridgehead atoms. The molecule has 1 aromatic heterocycles. The van der Waals surface area contributed by atoms with Crippen molar-refractivity contribution in [3.8, 4) is 0 Å². The monoisotopic (exact) mass is 278 g/mol. The molecule has 0 radical (unpaired) electrons. The van der Waals surface area contributed by atoms with Gasteiger partial charge >= 0.3 is 5.97 Å². The number of hydrogen-bond donors (Lipinski definition) is 0. The predicted molar refractivity (Wildman–Crippen MR) is 69.7 cm³/mol. The molecule has 0 amide bonds. The first kappa shape index (κ1) is 13.4. The first-order valence-corrected chi connectivity index (χ1v) is 5.89. The average Bonchev–Trinajstić information content (AvgIpc) is 2.89. The summed E-state index contributed by atoms with van der Waals surface area (Å²) >= 11 is 5.97. The summed E-state index contributed by atoms with van der Waals surface area (Å²) < 4.78 is 9.66. The summed E-state index contributed by atoms with van der Waals surface area (Å²) in [4.78, 5) is 23.4. The van der Waals surface area contributed by atoms with Crippen LogP contribution in [0.3, 0.4) is 0 Å². The Morgan fingerprint density at radius 3 is 2.47 bits per heavy atom. The number of esters is 1. The molecule has 5 heteroatoms. The van der Waals surface area contributed by atoms with Gasteiger partial charge in [-0.3, -0.25) is 4.79 Å². The van der Waals surface area contributed by atoms with Gasteiger partial charge in [-0.25, -0.2) is 4.79 Å². The Kier molecular flexibility index (Phi) is 3.71. The molecule has 0 saturated heterocycles. The summed E-state index contributed by atoms with van der Waals surface area (Å²) in [6, 6.07) is 7.81. The van der Waals surface area contributed by atoms with Gasteiger partial charge in [0, 0.05) is 10.6 Å². The normalized spacial score (nSPS) is 10.3. The zero-order chi connectivity index (χ0) is 14.0. The fraction of sp³-hybridized carbons (Fsp3) is 0.143. The smallest absolute Gasteiger partial charge is 0.373 e. The van der Waals surface area contributed by atoms with Crippen molar-refractivity contribution in [2.45, 2.75) is 6.92 Å². The van der Waals surface area contributed by atoms with Crippen molar-refractivity contribution in [1.29, 1.82) is 0 Å². The second-order valence-corrected chi connectivity index (χ2v) is 4.36. The molecule has 1 heterocycles. The number of ether oxygens (including phenoxy) is 1. The minimum absolute atomic E-state index is 0.0101. The highest BCUT2D eigenvalue weighted by atomic mass is 35.5. The summed E-state index contributed by atoms with van der Waals surface area (Å²) in [5.41, 5.74) is 1.29. The second-order valence-electron chi connectivity index (χ2n) is 3.95. The van der Waals surface area contributed by atoms with E-state index in [1.54, 1.807) is 18.2 Å². The van der Waals surface area contributed by atoms with Crippen LogP contribution in [-0.4, -0.2) is 18.9 Å². The van der Waals surface area contributed by atoms with Crippen molar-refractivity contribution in [3.63, 3.8) is 0 Å². The third kappa shape index (κ3) is 2.69. The first-order valence-electron chi connectivity index (χ1n) is 5.52. The third-order valence-corrected chi connectivity index (χ3v) is 3.06. The SMILES string of the molecule is COC(=O)c1ccc(C(=O)c2ccc(C)c(Cl)c2)o1. The molecule has 19 heavy (non-hydrogen) atoms. The van der Waals surface area contributed by atoms with Crippen LogP contribution in [0.4, 0.5) is 0 Å². The number of halogens is 1. The number of carbonyl (C=O) groups excluding carboxylic acids is 2. The van der Waals surface area contributed by atoms with E-state index in [4.69, 9.17) is 16.0 Å². The van der Waals surface area contributed by atoms with Crippen LogP contribution in [0, 0.1) is 6.92 Å². The maximum Gasteiger partial charge on any atom is 0.373 e. The van der Waals surface area contributed by atoms with Crippen LogP contribution in [0.1, 0.15) is 32.2 Å². The van der Waals surface area contributed by atoms with Crippen LogP contribution >= 0.6 is 11.6 Å². The van der Waals surface area contributed by atoms with Gasteiger partial charge in [-0.15, -0.1) is 0 Å². The molecule has 0 aliphatic carbocycles. The van der Waals surface area contributed by atoms with Crippen LogP contribution < -0.4 is 0 Å². The molecule has 0 unspecified atom stereocenters. The van der Waals surface area contributed by atoms with E-state index in [1.807, 2.05) is 6.92 Å². The number of furan rings is 1. The lowest BCUT2D eigenvalue weighted by atomic mass is 10.1. The van der Waals surface area contributed by atoms with E-state index in [0.29, 0.717) is 10.6 Å². The van der Waals surface area contributed by atoms with Crippen molar-refractivity contribution in [2.24, 2.45) is 0 Å². The molecular formula is C14H11ClO4. The zero-order valence-electron chi connectivity index (χ0n) is 10.4. The Bertz CT molecular complexity index is 643. The average molecular weight is 279 g/mol. The number of ketones is 1. The van der Waals surface area contributed by atoms with Crippen molar-refractivity contribution >= 4 is 23.4 Å². The zero-order valence-corrected chi connectivity index (χ0v) is 11.2. The number of aryl methyl sites for hydroxylation is 1. The van der Waals surface area contributed by atoms with Crippen LogP contribution in [-0.2, 0) is 4.74 Å². The molecule has 4 nitrogen and oxygen atoms in total. The van der Waals surface area contributed by atoms with Gasteiger partial charge in [-0.05, 0) is 30.7 Å². The molecule has 0 aliphatic heterocycles. The van der Waals surface area contributed by atoms with Gasteiger partial charge in [-0.1, -0.05) is 23.7 Å². The molecule has 0 aliphatic rings. The maximum atomic E-state index is 12.1. The van der Waals surface area contributed by atoms with Gasteiger partial charge in [0.1, 0.15) is 0 Å². The second kappa shape index (κ2) is 5.28. The van der Waals surface area contributed by atoms with E-state index in [2.05, 4.69) is 4.74 Å². The van der Waals surface area contributed by atoms with Crippen LogP contribution in [0.25, 0.3) is 0 Å². The summed E-state index contributed by atoms with van der Waals surface area (Å²) in [7, 11) is 1.24. The van der Waals surface area contributed by atoms with Crippen molar-refractivity contribution in [3.05, 3.63) is 58.0 Å². The molecule has 0 fully saturated rings. The standard InChI is InChI=1S/C14H11ClO4/c1-8-3-4-9(7-10(8)15)13(16)11-5-6-12(19-11)14(17)18-2/h3-7H,1-2H3. The predicted octanol–water partition coefficient (Wildman–Crippen LogP) is 3.26. The number of benzene rings is 1. The summed E-state index contributed by atoms with van der Waals surface area (Å²) in [5.74, 6) is -0.901. The van der Waals surface area contributed by atoms with E-state index >= 15 is 0 Å². The minimum atomic E-state index is -0.624. The van der Waals surface area contributed by atoms with Gasteiger partial charge in [0.2, 0.25) is 11.5 Å². The molecule has 0 N–H and O–H groups in total. The number of carbonyl (C=O) groups is 2. The summed E-state index contributed by atoms with van der Waals surface area (Å²) in [5, 5.41) is 0.505. The number of hydrogen-bond acceptors (Lipinski definition) is 4. The Balaban J connectivity index is 2.31. The van der Waals surface area contributed by atoms with E-state index < -0.39 is 5.97 Å². The van der Waals surface area contributed by atoms with Gasteiger partial charge in [-0.2, -0.15) is 0 Å². The van der Waals surface area contributed by atoms with E-state index in [0.717, 1.165) is 5.56 Å². The minimum Gasteiger partial charge on any atom is -0.463 e. The summed E-state index contributed by atoms with van der Waals surface area (Å²) in [6.45, 7) is 1.85.